The number of phosphoric ester groups is 1. The molecule has 248 valence electrons. The summed E-state index contributed by atoms with van der Waals surface area (Å²) in [6.45, 7) is -0.680. The van der Waals surface area contributed by atoms with Crippen LogP contribution in [0.1, 0.15) is 41.4 Å². The van der Waals surface area contributed by atoms with Crippen LogP contribution in [0.5, 0.6) is 0 Å². The molecule has 0 radical (unpaired) electrons. The summed E-state index contributed by atoms with van der Waals surface area (Å²) in [4.78, 5) is 72.6. The maximum absolute atomic E-state index is 13.4. The summed E-state index contributed by atoms with van der Waals surface area (Å²) in [6.07, 6.45) is -9.10. The molecule has 0 bridgehead atoms. The van der Waals surface area contributed by atoms with Crippen molar-refractivity contribution in [1.29, 1.82) is 0 Å². The molecule has 0 aromatic heterocycles. The van der Waals surface area contributed by atoms with E-state index in [1.165, 1.54) is 48.5 Å². The highest BCUT2D eigenvalue weighted by molar-refractivity contribution is 7.46. The molecule has 2 N–H and O–H groups in total. The largest absolute Gasteiger partial charge is 0.472 e. The lowest BCUT2D eigenvalue weighted by atomic mass is 9.97. The number of carbonyl (C=O) groups excluding carboxylic acids is 4. The van der Waals surface area contributed by atoms with Crippen LogP contribution in [-0.4, -0.2) is 71.0 Å². The number of phosphoric acid groups is 1. The second-order valence-corrected chi connectivity index (χ2v) is 11.5. The zero-order chi connectivity index (χ0) is 34.1. The molecule has 0 saturated carbocycles. The second-order valence-electron chi connectivity index (χ2n) is 10.3. The van der Waals surface area contributed by atoms with Gasteiger partial charge in [0.05, 0.1) is 22.3 Å². The predicted molar refractivity (Wildman–Crippen MR) is 165 cm³/mol. The fraction of sp³-hybridized carbons (Fsp3) is 0.176. The fourth-order valence-electron chi connectivity index (χ4n) is 4.75. The van der Waals surface area contributed by atoms with Gasteiger partial charge in [0.15, 0.2) is 18.3 Å². The van der Waals surface area contributed by atoms with Gasteiger partial charge in [-0.15, -0.1) is 0 Å². The molecule has 0 aliphatic carbocycles. The number of hydrogen-bond donors (Lipinski definition) is 2. The average molecular weight is 677 g/mol. The van der Waals surface area contributed by atoms with E-state index in [2.05, 4.69) is 0 Å². The Hall–Kier alpha value is -5.17. The van der Waals surface area contributed by atoms with Crippen molar-refractivity contribution in [3.8, 4) is 0 Å². The van der Waals surface area contributed by atoms with E-state index in [0.717, 1.165) is 0 Å². The molecule has 48 heavy (non-hydrogen) atoms. The van der Waals surface area contributed by atoms with Crippen LogP contribution >= 0.6 is 7.82 Å². The van der Waals surface area contributed by atoms with Crippen molar-refractivity contribution in [2.24, 2.45) is 0 Å². The van der Waals surface area contributed by atoms with Crippen molar-refractivity contribution in [3.63, 3.8) is 0 Å². The van der Waals surface area contributed by atoms with E-state index < -0.39 is 69.0 Å². The van der Waals surface area contributed by atoms with Crippen molar-refractivity contribution in [2.45, 2.75) is 30.7 Å². The molecule has 0 unspecified atom stereocenters. The number of carbonyl (C=O) groups is 4. The Labute approximate surface area is 274 Å². The lowest BCUT2D eigenvalue weighted by Crippen LogP contribution is -2.63. The Morgan fingerprint density at radius 2 is 0.896 bits per heavy atom. The highest BCUT2D eigenvalue weighted by Crippen LogP contribution is 2.42. The maximum Gasteiger partial charge on any atom is 0.472 e. The molecular formula is C34H29O13P. The first-order valence-corrected chi connectivity index (χ1v) is 16.0. The first-order chi connectivity index (χ1) is 23.1. The Morgan fingerprint density at radius 3 is 1.29 bits per heavy atom. The number of esters is 4. The predicted octanol–water partition coefficient (Wildman–Crippen LogP) is 4.35. The van der Waals surface area contributed by atoms with E-state index in [1.54, 1.807) is 72.8 Å². The molecule has 4 aromatic rings. The monoisotopic (exact) mass is 676 g/mol. The van der Waals surface area contributed by atoms with Gasteiger partial charge in [0.2, 0.25) is 6.29 Å². The minimum Gasteiger partial charge on any atom is -0.459 e. The molecule has 1 aliphatic heterocycles. The Kier molecular flexibility index (Phi) is 11.1. The van der Waals surface area contributed by atoms with Crippen molar-refractivity contribution < 1.29 is 61.7 Å². The quantitative estimate of drug-likeness (QED) is 0.130. The maximum atomic E-state index is 13.4. The van der Waals surface area contributed by atoms with Gasteiger partial charge in [0, 0.05) is 0 Å². The molecule has 5 rings (SSSR count). The van der Waals surface area contributed by atoms with Crippen LogP contribution in [0.25, 0.3) is 0 Å². The fourth-order valence-corrected chi connectivity index (χ4v) is 5.19. The molecule has 1 saturated heterocycles. The SMILES string of the molecule is O=C(OC[C@H]1O[C@@H](OP(=O)(O)O)[C@H](OC(=O)c2ccccc2)[C@@H](OC(=O)c2ccccc2)[C@@H]1OC(=O)c1ccccc1)c1ccccc1. The summed E-state index contributed by atoms with van der Waals surface area (Å²) >= 11 is 0. The molecule has 5 atom stereocenters. The van der Waals surface area contributed by atoms with E-state index in [1.807, 2.05) is 0 Å². The van der Waals surface area contributed by atoms with E-state index in [-0.39, 0.29) is 22.3 Å². The van der Waals surface area contributed by atoms with Crippen LogP contribution in [0, 0.1) is 0 Å². The van der Waals surface area contributed by atoms with E-state index in [0.29, 0.717) is 0 Å². The normalized spacial score (nSPS) is 20.6. The van der Waals surface area contributed by atoms with Gasteiger partial charge in [-0.05, 0) is 48.5 Å². The van der Waals surface area contributed by atoms with Gasteiger partial charge in [-0.25, -0.2) is 23.7 Å². The third kappa shape index (κ3) is 9.00. The van der Waals surface area contributed by atoms with E-state index >= 15 is 0 Å². The summed E-state index contributed by atoms with van der Waals surface area (Å²) in [5, 5.41) is 0. The zero-order valence-electron chi connectivity index (χ0n) is 25.0. The van der Waals surface area contributed by atoms with E-state index in [4.69, 9.17) is 28.2 Å². The average Bonchev–Trinajstić information content (AvgIpc) is 3.10. The minimum absolute atomic E-state index is 0.0253. The molecule has 1 heterocycles. The van der Waals surface area contributed by atoms with Crippen LogP contribution in [0.2, 0.25) is 0 Å². The highest BCUT2D eigenvalue weighted by atomic mass is 31.2. The van der Waals surface area contributed by atoms with Gasteiger partial charge in [-0.1, -0.05) is 72.8 Å². The van der Waals surface area contributed by atoms with Crippen molar-refractivity contribution in [1.82, 2.24) is 0 Å². The summed E-state index contributed by atoms with van der Waals surface area (Å²) in [6, 6.07) is 30.8. The Morgan fingerprint density at radius 1 is 0.542 bits per heavy atom. The zero-order valence-corrected chi connectivity index (χ0v) is 25.9. The topological polar surface area (TPSA) is 181 Å². The summed E-state index contributed by atoms with van der Waals surface area (Å²) < 4.78 is 45.5. The number of rotatable bonds is 11. The van der Waals surface area contributed by atoms with Crippen LogP contribution in [0.4, 0.5) is 0 Å². The van der Waals surface area contributed by atoms with Gasteiger partial charge < -0.3 is 33.5 Å². The van der Waals surface area contributed by atoms with Gasteiger partial charge in [0.25, 0.3) is 0 Å². The van der Waals surface area contributed by atoms with Gasteiger partial charge in [-0.3, -0.25) is 4.52 Å². The molecule has 0 spiro atoms. The standard InChI is InChI=1S/C34H29O13P/c35-30(22-13-5-1-6-14-22)42-21-26-27(44-31(36)23-15-7-2-8-16-23)28(45-32(37)24-17-9-3-10-18-24)29(34(43-26)47-48(39,40)41)46-33(38)25-19-11-4-12-20-25/h1-20,26-29,34H,21H2,(H2,39,40,41)/t26-,27-,28+,29-,34+/m1/s1. The van der Waals surface area contributed by atoms with Gasteiger partial charge in [-0.2, -0.15) is 0 Å². The van der Waals surface area contributed by atoms with Crippen molar-refractivity contribution in [2.75, 3.05) is 6.61 Å². The number of hydrogen-bond acceptors (Lipinski definition) is 11. The third-order valence-corrected chi connectivity index (χ3v) is 7.46. The summed E-state index contributed by atoms with van der Waals surface area (Å²) in [5.74, 6) is -3.72. The highest BCUT2D eigenvalue weighted by Gasteiger charge is 2.55. The number of benzene rings is 4. The number of ether oxygens (including phenoxy) is 5. The van der Waals surface area contributed by atoms with Crippen LogP contribution in [0.3, 0.4) is 0 Å². The molecule has 1 fully saturated rings. The molecule has 0 amide bonds. The van der Waals surface area contributed by atoms with Crippen LogP contribution in [0.15, 0.2) is 121 Å². The molecular weight excluding hydrogens is 647 g/mol. The van der Waals surface area contributed by atoms with Crippen molar-refractivity contribution >= 4 is 31.7 Å². The molecule has 13 nitrogen and oxygen atoms in total. The lowest BCUT2D eigenvalue weighted by molar-refractivity contribution is -0.278. The first-order valence-electron chi connectivity index (χ1n) is 14.5. The third-order valence-electron chi connectivity index (χ3n) is 6.98. The molecule has 4 aromatic carbocycles. The first kappa shape index (κ1) is 34.2. The summed E-state index contributed by atoms with van der Waals surface area (Å²) in [5.41, 5.74) is 0.315. The van der Waals surface area contributed by atoms with E-state index in [9.17, 15) is 33.5 Å². The smallest absolute Gasteiger partial charge is 0.459 e. The Bertz CT molecular complexity index is 1750. The summed E-state index contributed by atoms with van der Waals surface area (Å²) in [7, 11) is -5.39. The Balaban J connectivity index is 1.56. The van der Waals surface area contributed by atoms with Crippen LogP contribution in [-0.2, 0) is 32.8 Å². The van der Waals surface area contributed by atoms with Crippen LogP contribution < -0.4 is 0 Å². The molecule has 1 aliphatic rings. The van der Waals surface area contributed by atoms with Gasteiger partial charge in [0.1, 0.15) is 12.7 Å². The van der Waals surface area contributed by atoms with Crippen molar-refractivity contribution in [3.05, 3.63) is 144 Å². The van der Waals surface area contributed by atoms with Gasteiger partial charge >= 0.3 is 31.7 Å². The second kappa shape index (κ2) is 15.6. The minimum atomic E-state index is -5.39. The lowest BCUT2D eigenvalue weighted by Gasteiger charge is -2.44. The molecule has 14 heteroatoms.